The van der Waals surface area contributed by atoms with Crippen LogP contribution in [0.15, 0.2) is 0 Å². The molecular formula is C11H21NO4S. The first-order valence-electron chi connectivity index (χ1n) is 5.81. The monoisotopic (exact) mass is 263 g/mol. The highest BCUT2D eigenvalue weighted by Crippen LogP contribution is 2.28. The van der Waals surface area contributed by atoms with Crippen LogP contribution in [0.4, 0.5) is 0 Å². The molecule has 1 fully saturated rings. The van der Waals surface area contributed by atoms with E-state index in [9.17, 15) is 13.2 Å². The Morgan fingerprint density at radius 2 is 1.88 bits per heavy atom. The van der Waals surface area contributed by atoms with Gasteiger partial charge in [0.1, 0.15) is 6.04 Å². The second kappa shape index (κ2) is 4.94. The summed E-state index contributed by atoms with van der Waals surface area (Å²) in [6.45, 7) is 5.33. The van der Waals surface area contributed by atoms with Crippen molar-refractivity contribution in [2.75, 3.05) is 13.7 Å². The lowest BCUT2D eigenvalue weighted by Gasteiger charge is -2.37. The van der Waals surface area contributed by atoms with Gasteiger partial charge in [0.2, 0.25) is 10.0 Å². The molecule has 0 N–H and O–H groups in total. The van der Waals surface area contributed by atoms with Gasteiger partial charge < -0.3 is 4.74 Å². The van der Waals surface area contributed by atoms with Crippen molar-refractivity contribution in [3.05, 3.63) is 0 Å². The highest BCUT2D eigenvalue weighted by atomic mass is 32.2. The van der Waals surface area contributed by atoms with Crippen LogP contribution in [0.5, 0.6) is 0 Å². The number of piperidine rings is 1. The van der Waals surface area contributed by atoms with E-state index in [1.54, 1.807) is 20.8 Å². The van der Waals surface area contributed by atoms with E-state index in [4.69, 9.17) is 0 Å². The molecule has 0 spiro atoms. The second-order valence-electron chi connectivity index (χ2n) is 5.26. The number of hydrogen-bond acceptors (Lipinski definition) is 4. The first kappa shape index (κ1) is 14.4. The lowest BCUT2D eigenvalue weighted by Crippen LogP contribution is -2.53. The molecule has 1 unspecified atom stereocenters. The quantitative estimate of drug-likeness (QED) is 0.701. The van der Waals surface area contributed by atoms with Gasteiger partial charge in [-0.3, -0.25) is 4.79 Å². The van der Waals surface area contributed by atoms with E-state index in [-0.39, 0.29) is 0 Å². The summed E-state index contributed by atoms with van der Waals surface area (Å²) in [6, 6.07) is -0.655. The van der Waals surface area contributed by atoms with Crippen molar-refractivity contribution in [3.63, 3.8) is 0 Å². The highest BCUT2D eigenvalue weighted by molar-refractivity contribution is 7.90. The van der Waals surface area contributed by atoms with Gasteiger partial charge in [-0.1, -0.05) is 0 Å². The Morgan fingerprint density at radius 1 is 1.29 bits per heavy atom. The van der Waals surface area contributed by atoms with Gasteiger partial charge in [-0.05, 0) is 40.0 Å². The number of carbonyl (C=O) groups is 1. The summed E-state index contributed by atoms with van der Waals surface area (Å²) in [5.74, 6) is -0.461. The average molecular weight is 263 g/mol. The highest BCUT2D eigenvalue weighted by Gasteiger charge is 2.43. The molecule has 6 heteroatoms. The summed E-state index contributed by atoms with van der Waals surface area (Å²) in [5.41, 5.74) is 0. The van der Waals surface area contributed by atoms with E-state index >= 15 is 0 Å². The molecule has 0 aromatic rings. The van der Waals surface area contributed by atoms with E-state index < -0.39 is 26.8 Å². The lowest BCUT2D eigenvalue weighted by molar-refractivity contribution is -0.146. The number of nitrogens with zero attached hydrogens (tertiary/aromatic N) is 1. The molecule has 100 valence electrons. The van der Waals surface area contributed by atoms with Crippen molar-refractivity contribution in [2.45, 2.75) is 50.8 Å². The SMILES string of the molecule is COC(=O)C1CCCCN1S(=O)(=O)C(C)(C)C. The first-order valence-corrected chi connectivity index (χ1v) is 7.25. The molecule has 0 bridgehead atoms. The van der Waals surface area contributed by atoms with E-state index in [0.717, 1.165) is 12.8 Å². The standard InChI is InChI=1S/C11H21NO4S/c1-11(2,3)17(14,15)12-8-6-5-7-9(12)10(13)16-4/h9H,5-8H2,1-4H3. The van der Waals surface area contributed by atoms with E-state index in [1.807, 2.05) is 0 Å². The van der Waals surface area contributed by atoms with Crippen LogP contribution in [0, 0.1) is 0 Å². The van der Waals surface area contributed by atoms with Crippen molar-refractivity contribution in [1.29, 1.82) is 0 Å². The van der Waals surface area contributed by atoms with Crippen molar-refractivity contribution in [3.8, 4) is 0 Å². The molecule has 0 saturated carbocycles. The van der Waals surface area contributed by atoms with Crippen LogP contribution in [0.25, 0.3) is 0 Å². The molecule has 5 nitrogen and oxygen atoms in total. The zero-order valence-electron chi connectivity index (χ0n) is 10.9. The molecular weight excluding hydrogens is 242 g/mol. The summed E-state index contributed by atoms with van der Waals surface area (Å²) in [5, 5.41) is 0. The van der Waals surface area contributed by atoms with Crippen LogP contribution >= 0.6 is 0 Å². The van der Waals surface area contributed by atoms with Crippen molar-refractivity contribution in [2.24, 2.45) is 0 Å². The molecule has 1 rings (SSSR count). The van der Waals surface area contributed by atoms with Gasteiger partial charge in [0.25, 0.3) is 0 Å². The lowest BCUT2D eigenvalue weighted by atomic mass is 10.1. The largest absolute Gasteiger partial charge is 0.468 e. The Kier molecular flexibility index (Phi) is 4.19. The first-order chi connectivity index (χ1) is 7.71. The Labute approximate surface area is 103 Å². The smallest absolute Gasteiger partial charge is 0.324 e. The Bertz CT molecular complexity index is 383. The van der Waals surface area contributed by atoms with Gasteiger partial charge in [-0.2, -0.15) is 4.31 Å². The molecule has 0 aliphatic carbocycles. The predicted molar refractivity (Wildman–Crippen MR) is 65.0 cm³/mol. The molecule has 1 saturated heterocycles. The van der Waals surface area contributed by atoms with Gasteiger partial charge in [-0.25, -0.2) is 8.42 Å². The fourth-order valence-corrected chi connectivity index (χ4v) is 3.52. The molecule has 1 atom stereocenters. The minimum absolute atomic E-state index is 0.402. The van der Waals surface area contributed by atoms with Gasteiger partial charge in [-0.15, -0.1) is 0 Å². The summed E-state index contributed by atoms with van der Waals surface area (Å²) in [7, 11) is -2.18. The summed E-state index contributed by atoms with van der Waals surface area (Å²) in [6.07, 6.45) is 2.20. The normalized spacial score (nSPS) is 23.4. The van der Waals surface area contributed by atoms with Gasteiger partial charge in [0, 0.05) is 6.54 Å². The molecule has 0 aromatic carbocycles. The van der Waals surface area contributed by atoms with Crippen LogP contribution in [-0.2, 0) is 19.6 Å². The number of carbonyl (C=O) groups excluding carboxylic acids is 1. The Balaban J connectivity index is 3.05. The minimum Gasteiger partial charge on any atom is -0.468 e. The maximum Gasteiger partial charge on any atom is 0.324 e. The fraction of sp³-hybridized carbons (Fsp3) is 0.909. The van der Waals surface area contributed by atoms with Gasteiger partial charge >= 0.3 is 5.97 Å². The summed E-state index contributed by atoms with van der Waals surface area (Å²) < 4.78 is 29.8. The zero-order valence-corrected chi connectivity index (χ0v) is 11.7. The van der Waals surface area contributed by atoms with Crippen LogP contribution in [0.3, 0.4) is 0 Å². The van der Waals surface area contributed by atoms with Crippen LogP contribution in [0.1, 0.15) is 40.0 Å². The zero-order chi connectivity index (χ0) is 13.3. The number of rotatable bonds is 2. The Hall–Kier alpha value is -0.620. The molecule has 1 aliphatic heterocycles. The van der Waals surface area contributed by atoms with Gasteiger partial charge in [0.15, 0.2) is 0 Å². The Morgan fingerprint density at radius 3 is 2.35 bits per heavy atom. The van der Waals surface area contributed by atoms with Crippen molar-refractivity contribution < 1.29 is 17.9 Å². The van der Waals surface area contributed by atoms with Crippen molar-refractivity contribution in [1.82, 2.24) is 4.31 Å². The maximum atomic E-state index is 12.4. The molecule has 1 aliphatic rings. The van der Waals surface area contributed by atoms with Crippen LogP contribution < -0.4 is 0 Å². The molecule has 0 radical (unpaired) electrons. The molecule has 1 heterocycles. The molecule has 0 aromatic heterocycles. The van der Waals surface area contributed by atoms with E-state index in [2.05, 4.69) is 4.74 Å². The third-order valence-corrected chi connectivity index (χ3v) is 5.61. The summed E-state index contributed by atoms with van der Waals surface area (Å²) >= 11 is 0. The predicted octanol–water partition coefficient (Wildman–Crippen LogP) is 1.14. The third-order valence-electron chi connectivity index (χ3n) is 3.01. The minimum atomic E-state index is -3.47. The topological polar surface area (TPSA) is 63.7 Å². The van der Waals surface area contributed by atoms with Gasteiger partial charge in [0.05, 0.1) is 11.9 Å². The van der Waals surface area contributed by atoms with E-state index in [1.165, 1.54) is 11.4 Å². The van der Waals surface area contributed by atoms with Crippen molar-refractivity contribution >= 4 is 16.0 Å². The van der Waals surface area contributed by atoms with Crippen LogP contribution in [-0.4, -0.2) is 43.1 Å². The molecule has 0 amide bonds. The van der Waals surface area contributed by atoms with Crippen LogP contribution in [0.2, 0.25) is 0 Å². The maximum absolute atomic E-state index is 12.4. The molecule has 17 heavy (non-hydrogen) atoms. The second-order valence-corrected chi connectivity index (χ2v) is 7.91. The van der Waals surface area contributed by atoms with E-state index in [0.29, 0.717) is 13.0 Å². The third kappa shape index (κ3) is 2.80. The average Bonchev–Trinajstić information content (AvgIpc) is 2.26. The number of hydrogen-bond donors (Lipinski definition) is 0. The fourth-order valence-electron chi connectivity index (χ4n) is 1.92. The number of sulfonamides is 1. The number of methoxy groups -OCH3 is 1. The number of esters is 1. The summed E-state index contributed by atoms with van der Waals surface area (Å²) in [4.78, 5) is 11.6. The number of ether oxygens (including phenoxy) is 1.